The highest BCUT2D eigenvalue weighted by Crippen LogP contribution is 2.30. The Bertz CT molecular complexity index is 693. The van der Waals surface area contributed by atoms with Crippen LogP contribution in [0.5, 0.6) is 0 Å². The highest BCUT2D eigenvalue weighted by molar-refractivity contribution is 9.10. The fourth-order valence-corrected chi connectivity index (χ4v) is 3.14. The number of benzene rings is 1. The van der Waals surface area contributed by atoms with Crippen LogP contribution in [0.2, 0.25) is 0 Å². The summed E-state index contributed by atoms with van der Waals surface area (Å²) in [6, 6.07) is 9.66. The van der Waals surface area contributed by atoms with Gasteiger partial charge in [0.1, 0.15) is 15.7 Å². The van der Waals surface area contributed by atoms with Crippen molar-refractivity contribution in [1.82, 2.24) is 9.97 Å². The smallest absolute Gasteiger partial charge is 0.133 e. The minimum atomic E-state index is -0.736. The average Bonchev–Trinajstić information content (AvgIpc) is 2.84. The number of hydrogen-bond acceptors (Lipinski definition) is 4. The Morgan fingerprint density at radius 2 is 2.06 bits per heavy atom. The van der Waals surface area contributed by atoms with Crippen LogP contribution in [0.3, 0.4) is 0 Å². The first-order valence-corrected chi connectivity index (χ1v) is 7.05. The summed E-state index contributed by atoms with van der Waals surface area (Å²) in [6.07, 6.45) is 0.996. The van der Waals surface area contributed by atoms with Crippen LogP contribution < -0.4 is 0 Å². The van der Waals surface area contributed by atoms with E-state index in [2.05, 4.69) is 25.9 Å². The second kappa shape index (κ2) is 4.76. The summed E-state index contributed by atoms with van der Waals surface area (Å²) in [6.45, 7) is 0. The van der Waals surface area contributed by atoms with E-state index in [9.17, 15) is 5.11 Å². The van der Waals surface area contributed by atoms with Crippen LogP contribution in [-0.2, 0) is 0 Å². The van der Waals surface area contributed by atoms with E-state index < -0.39 is 6.10 Å². The van der Waals surface area contributed by atoms with Crippen molar-refractivity contribution < 1.29 is 5.11 Å². The summed E-state index contributed by atoms with van der Waals surface area (Å²) in [5.41, 5.74) is 1.61. The van der Waals surface area contributed by atoms with Gasteiger partial charge in [-0.15, -0.1) is 11.3 Å². The number of fused-ring (bicyclic) bond motifs is 1. The molecule has 0 aliphatic carbocycles. The number of aliphatic hydroxyl groups is 1. The fraction of sp³-hybridized carbons (Fsp3) is 0.0769. The molecule has 1 atom stereocenters. The first kappa shape index (κ1) is 11.8. The Morgan fingerprint density at radius 3 is 2.83 bits per heavy atom. The minimum Gasteiger partial charge on any atom is -0.381 e. The molecule has 0 radical (unpaired) electrons. The maximum atomic E-state index is 10.4. The van der Waals surface area contributed by atoms with Gasteiger partial charge in [-0.1, -0.05) is 24.3 Å². The van der Waals surface area contributed by atoms with Crippen molar-refractivity contribution in [3.05, 3.63) is 57.1 Å². The first-order valence-electron chi connectivity index (χ1n) is 5.38. The van der Waals surface area contributed by atoms with E-state index >= 15 is 0 Å². The Balaban J connectivity index is 2.14. The second-order valence-corrected chi connectivity index (χ2v) is 5.54. The number of pyridine rings is 1. The SMILES string of the molecule is OC(c1nc(Br)cs1)c1cccc2cccnc12. The van der Waals surface area contributed by atoms with E-state index in [0.29, 0.717) is 5.01 Å². The van der Waals surface area contributed by atoms with Crippen molar-refractivity contribution in [2.45, 2.75) is 6.10 Å². The first-order chi connectivity index (χ1) is 8.75. The van der Waals surface area contributed by atoms with Crippen molar-refractivity contribution >= 4 is 38.2 Å². The second-order valence-electron chi connectivity index (χ2n) is 3.83. The number of para-hydroxylation sites is 1. The summed E-state index contributed by atoms with van der Waals surface area (Å²) in [4.78, 5) is 8.59. The molecule has 3 rings (SSSR count). The summed E-state index contributed by atoms with van der Waals surface area (Å²) in [5, 5.41) is 13.9. The van der Waals surface area contributed by atoms with Crippen molar-refractivity contribution in [2.75, 3.05) is 0 Å². The summed E-state index contributed by atoms with van der Waals surface area (Å²) >= 11 is 4.72. The van der Waals surface area contributed by atoms with Crippen LogP contribution in [-0.4, -0.2) is 15.1 Å². The number of rotatable bonds is 2. The molecular weight excluding hydrogens is 312 g/mol. The van der Waals surface area contributed by atoms with Crippen LogP contribution >= 0.6 is 27.3 Å². The molecule has 18 heavy (non-hydrogen) atoms. The van der Waals surface area contributed by atoms with Gasteiger partial charge in [0, 0.05) is 22.5 Å². The maximum Gasteiger partial charge on any atom is 0.133 e. The Labute approximate surface area is 116 Å². The Kier molecular flexibility index (Phi) is 3.11. The molecule has 1 unspecified atom stereocenters. The van der Waals surface area contributed by atoms with Gasteiger partial charge in [0.05, 0.1) is 5.52 Å². The van der Waals surface area contributed by atoms with E-state index in [-0.39, 0.29) is 0 Å². The van der Waals surface area contributed by atoms with Crippen LogP contribution in [0.4, 0.5) is 0 Å². The molecule has 5 heteroatoms. The van der Waals surface area contributed by atoms with Gasteiger partial charge in [-0.05, 0) is 22.0 Å². The van der Waals surface area contributed by atoms with Gasteiger partial charge in [-0.25, -0.2) is 4.98 Å². The van der Waals surface area contributed by atoms with Crippen LogP contribution in [0.15, 0.2) is 46.5 Å². The summed E-state index contributed by atoms with van der Waals surface area (Å²) < 4.78 is 0.745. The third-order valence-electron chi connectivity index (χ3n) is 2.69. The number of aliphatic hydroxyl groups excluding tert-OH is 1. The molecule has 3 nitrogen and oxygen atoms in total. The molecule has 1 N–H and O–H groups in total. The molecule has 0 aliphatic heterocycles. The molecule has 0 amide bonds. The van der Waals surface area contributed by atoms with Gasteiger partial charge in [0.25, 0.3) is 0 Å². The molecule has 2 aromatic heterocycles. The topological polar surface area (TPSA) is 46.0 Å². The van der Waals surface area contributed by atoms with Crippen LogP contribution in [0, 0.1) is 0 Å². The average molecular weight is 321 g/mol. The summed E-state index contributed by atoms with van der Waals surface area (Å²) in [7, 11) is 0. The van der Waals surface area contributed by atoms with Gasteiger partial charge in [0.2, 0.25) is 0 Å². The van der Waals surface area contributed by atoms with Gasteiger partial charge < -0.3 is 5.11 Å². The molecule has 0 aliphatic rings. The molecule has 90 valence electrons. The molecule has 0 fully saturated rings. The van der Waals surface area contributed by atoms with E-state index in [4.69, 9.17) is 0 Å². The third-order valence-corrected chi connectivity index (χ3v) is 4.29. The zero-order valence-electron chi connectivity index (χ0n) is 9.25. The van der Waals surface area contributed by atoms with E-state index in [1.807, 2.05) is 35.7 Å². The molecule has 2 heterocycles. The highest BCUT2D eigenvalue weighted by atomic mass is 79.9. The fourth-order valence-electron chi connectivity index (χ4n) is 1.87. The monoisotopic (exact) mass is 320 g/mol. The number of nitrogens with zero attached hydrogens (tertiary/aromatic N) is 2. The number of aromatic nitrogens is 2. The van der Waals surface area contributed by atoms with Crippen molar-refractivity contribution in [2.24, 2.45) is 0 Å². The summed E-state index contributed by atoms with van der Waals surface area (Å²) in [5.74, 6) is 0. The third kappa shape index (κ3) is 2.05. The van der Waals surface area contributed by atoms with E-state index in [1.165, 1.54) is 11.3 Å². The number of hydrogen-bond donors (Lipinski definition) is 1. The highest BCUT2D eigenvalue weighted by Gasteiger charge is 2.17. The predicted molar refractivity (Wildman–Crippen MR) is 75.6 cm³/mol. The van der Waals surface area contributed by atoms with Gasteiger partial charge in [-0.2, -0.15) is 0 Å². The zero-order chi connectivity index (χ0) is 12.5. The Morgan fingerprint density at radius 1 is 1.22 bits per heavy atom. The minimum absolute atomic E-state index is 0.667. The quantitative estimate of drug-likeness (QED) is 0.785. The standard InChI is InChI=1S/C13H9BrN2OS/c14-10-7-18-13(16-10)12(17)9-5-1-3-8-4-2-6-15-11(8)9/h1-7,12,17H. The van der Waals surface area contributed by atoms with Crippen molar-refractivity contribution in [1.29, 1.82) is 0 Å². The molecule has 0 saturated carbocycles. The Hall–Kier alpha value is -1.30. The predicted octanol–water partition coefficient (Wildman–Crippen LogP) is 3.54. The number of halogens is 1. The molecule has 1 aromatic carbocycles. The van der Waals surface area contributed by atoms with Gasteiger partial charge >= 0.3 is 0 Å². The number of thiazole rings is 1. The zero-order valence-corrected chi connectivity index (χ0v) is 11.6. The lowest BCUT2D eigenvalue weighted by atomic mass is 10.1. The van der Waals surface area contributed by atoms with Crippen molar-refractivity contribution in [3.8, 4) is 0 Å². The van der Waals surface area contributed by atoms with E-state index in [1.54, 1.807) is 6.20 Å². The van der Waals surface area contributed by atoms with Crippen molar-refractivity contribution in [3.63, 3.8) is 0 Å². The van der Waals surface area contributed by atoms with Gasteiger partial charge in [-0.3, -0.25) is 4.98 Å². The maximum absolute atomic E-state index is 10.4. The lowest BCUT2D eigenvalue weighted by Gasteiger charge is -2.10. The molecule has 3 aromatic rings. The molecule has 0 spiro atoms. The lowest BCUT2D eigenvalue weighted by molar-refractivity contribution is 0.221. The molecule has 0 bridgehead atoms. The van der Waals surface area contributed by atoms with Crippen LogP contribution in [0.25, 0.3) is 10.9 Å². The largest absolute Gasteiger partial charge is 0.381 e. The molecule has 0 saturated heterocycles. The van der Waals surface area contributed by atoms with Crippen LogP contribution in [0.1, 0.15) is 16.7 Å². The lowest BCUT2D eigenvalue weighted by Crippen LogP contribution is -2.00. The normalized spacial score (nSPS) is 12.8. The molecular formula is C13H9BrN2OS. The van der Waals surface area contributed by atoms with Gasteiger partial charge in [0.15, 0.2) is 0 Å². The van der Waals surface area contributed by atoms with E-state index in [0.717, 1.165) is 21.1 Å².